The summed E-state index contributed by atoms with van der Waals surface area (Å²) in [6.07, 6.45) is 0.639. The molecular formula is C12H14Cl3NO3S. The van der Waals surface area contributed by atoms with E-state index in [9.17, 15) is 9.59 Å². The fraction of sp³-hybridized carbons (Fsp3) is 0.500. The van der Waals surface area contributed by atoms with Crippen LogP contribution in [0.15, 0.2) is 0 Å². The standard InChI is InChI=1S/C12H14Cl3NO3S/c1-4-7-6(3)20-9(8(7)10(17)19-5-2)16-11(18)12(13,14)15/h4-5H2,1-3H3,(H,16,18). The van der Waals surface area contributed by atoms with E-state index in [1.165, 1.54) is 11.3 Å². The summed E-state index contributed by atoms with van der Waals surface area (Å²) in [6.45, 7) is 5.73. The second-order valence-electron chi connectivity index (χ2n) is 3.87. The van der Waals surface area contributed by atoms with Crippen LogP contribution in [0.5, 0.6) is 0 Å². The van der Waals surface area contributed by atoms with Gasteiger partial charge in [0.15, 0.2) is 0 Å². The summed E-state index contributed by atoms with van der Waals surface area (Å²) in [5.74, 6) is -1.30. The Balaban J connectivity index is 3.19. The third kappa shape index (κ3) is 4.01. The van der Waals surface area contributed by atoms with Gasteiger partial charge in [0.1, 0.15) is 5.00 Å². The Morgan fingerprint density at radius 1 is 1.30 bits per heavy atom. The van der Waals surface area contributed by atoms with Gasteiger partial charge in [-0.1, -0.05) is 41.7 Å². The molecule has 0 fully saturated rings. The molecule has 0 bridgehead atoms. The Bertz CT molecular complexity index is 523. The van der Waals surface area contributed by atoms with Crippen LogP contribution in [0.25, 0.3) is 0 Å². The number of nitrogens with one attached hydrogen (secondary N) is 1. The van der Waals surface area contributed by atoms with Gasteiger partial charge in [-0.2, -0.15) is 0 Å². The molecule has 0 saturated carbocycles. The lowest BCUT2D eigenvalue weighted by Gasteiger charge is -2.11. The van der Waals surface area contributed by atoms with Crippen molar-refractivity contribution in [3.8, 4) is 0 Å². The van der Waals surface area contributed by atoms with Gasteiger partial charge in [0.2, 0.25) is 0 Å². The van der Waals surface area contributed by atoms with Crippen LogP contribution in [0, 0.1) is 6.92 Å². The van der Waals surface area contributed by atoms with E-state index in [0.717, 1.165) is 10.4 Å². The van der Waals surface area contributed by atoms with Gasteiger partial charge in [0.05, 0.1) is 12.2 Å². The van der Waals surface area contributed by atoms with E-state index < -0.39 is 15.7 Å². The van der Waals surface area contributed by atoms with Gasteiger partial charge in [-0.25, -0.2) is 4.79 Å². The topological polar surface area (TPSA) is 55.4 Å². The average Bonchev–Trinajstić information content (AvgIpc) is 2.64. The first-order chi connectivity index (χ1) is 9.22. The van der Waals surface area contributed by atoms with Crippen LogP contribution in [0.3, 0.4) is 0 Å². The lowest BCUT2D eigenvalue weighted by atomic mass is 10.1. The number of esters is 1. The number of thiophene rings is 1. The van der Waals surface area contributed by atoms with Crippen molar-refractivity contribution in [2.45, 2.75) is 31.0 Å². The Labute approximate surface area is 136 Å². The van der Waals surface area contributed by atoms with E-state index in [-0.39, 0.29) is 6.61 Å². The van der Waals surface area contributed by atoms with Gasteiger partial charge < -0.3 is 10.1 Å². The summed E-state index contributed by atoms with van der Waals surface area (Å²) in [5, 5.41) is 2.81. The molecule has 0 atom stereocenters. The third-order valence-corrected chi connectivity index (χ3v) is 4.10. The molecule has 0 aliphatic rings. The summed E-state index contributed by atoms with van der Waals surface area (Å²) in [5.41, 5.74) is 1.16. The molecule has 0 radical (unpaired) electrons. The van der Waals surface area contributed by atoms with Crippen LogP contribution in [0.4, 0.5) is 5.00 Å². The largest absolute Gasteiger partial charge is 0.462 e. The number of alkyl halides is 3. The zero-order chi connectivity index (χ0) is 15.5. The number of anilines is 1. The predicted octanol–water partition coefficient (Wildman–Crippen LogP) is 4.10. The fourth-order valence-electron chi connectivity index (χ4n) is 1.69. The van der Waals surface area contributed by atoms with Gasteiger partial charge in [0.25, 0.3) is 9.70 Å². The number of halogens is 3. The number of hydrogen-bond acceptors (Lipinski definition) is 4. The Morgan fingerprint density at radius 2 is 1.90 bits per heavy atom. The van der Waals surface area contributed by atoms with Gasteiger partial charge in [0, 0.05) is 4.88 Å². The van der Waals surface area contributed by atoms with Gasteiger partial charge in [-0.05, 0) is 25.8 Å². The van der Waals surface area contributed by atoms with Crippen molar-refractivity contribution < 1.29 is 14.3 Å². The van der Waals surface area contributed by atoms with Crippen molar-refractivity contribution in [2.75, 3.05) is 11.9 Å². The van der Waals surface area contributed by atoms with E-state index in [2.05, 4.69) is 5.32 Å². The molecule has 1 rings (SSSR count). The van der Waals surface area contributed by atoms with E-state index in [1.807, 2.05) is 13.8 Å². The molecule has 1 amide bonds. The zero-order valence-corrected chi connectivity index (χ0v) is 14.3. The Morgan fingerprint density at radius 3 is 2.35 bits per heavy atom. The number of rotatable bonds is 4. The van der Waals surface area contributed by atoms with Crippen molar-refractivity contribution in [1.29, 1.82) is 0 Å². The highest BCUT2D eigenvalue weighted by Crippen LogP contribution is 2.36. The minimum absolute atomic E-state index is 0.245. The molecule has 1 N–H and O–H groups in total. The second kappa shape index (κ2) is 6.98. The molecule has 1 heterocycles. The first-order valence-electron chi connectivity index (χ1n) is 5.89. The second-order valence-corrected chi connectivity index (χ2v) is 7.37. The molecule has 4 nitrogen and oxygen atoms in total. The van der Waals surface area contributed by atoms with Crippen LogP contribution in [0.1, 0.15) is 34.6 Å². The number of hydrogen-bond donors (Lipinski definition) is 1. The quantitative estimate of drug-likeness (QED) is 0.651. The number of carbonyl (C=O) groups is 2. The molecule has 0 aliphatic heterocycles. The lowest BCUT2D eigenvalue weighted by molar-refractivity contribution is -0.115. The normalized spacial score (nSPS) is 11.3. The monoisotopic (exact) mass is 357 g/mol. The third-order valence-electron chi connectivity index (χ3n) is 2.53. The predicted molar refractivity (Wildman–Crippen MR) is 83.3 cm³/mol. The Kier molecular flexibility index (Phi) is 6.13. The first-order valence-corrected chi connectivity index (χ1v) is 7.84. The highest BCUT2D eigenvalue weighted by atomic mass is 35.6. The zero-order valence-electron chi connectivity index (χ0n) is 11.2. The van der Waals surface area contributed by atoms with Gasteiger partial charge >= 0.3 is 5.97 Å². The highest BCUT2D eigenvalue weighted by Gasteiger charge is 2.33. The van der Waals surface area contributed by atoms with Crippen molar-refractivity contribution in [1.82, 2.24) is 0 Å². The molecule has 112 valence electrons. The molecule has 0 unspecified atom stereocenters. The Hall–Kier alpha value is -0.490. The van der Waals surface area contributed by atoms with Crippen LogP contribution in [0.2, 0.25) is 0 Å². The molecule has 0 aromatic carbocycles. The molecule has 1 aromatic heterocycles. The minimum atomic E-state index is -2.09. The van der Waals surface area contributed by atoms with E-state index in [1.54, 1.807) is 6.92 Å². The maximum atomic E-state index is 12.0. The molecule has 0 spiro atoms. The molecule has 1 aromatic rings. The SMILES string of the molecule is CCOC(=O)c1c(NC(=O)C(Cl)(Cl)Cl)sc(C)c1CC. The molecule has 0 aliphatic carbocycles. The maximum Gasteiger partial charge on any atom is 0.341 e. The molecule has 8 heteroatoms. The average molecular weight is 359 g/mol. The minimum Gasteiger partial charge on any atom is -0.462 e. The number of aryl methyl sites for hydroxylation is 1. The van der Waals surface area contributed by atoms with Crippen LogP contribution in [-0.4, -0.2) is 22.3 Å². The molecule has 0 saturated heterocycles. The highest BCUT2D eigenvalue weighted by molar-refractivity contribution is 7.17. The summed E-state index contributed by atoms with van der Waals surface area (Å²) < 4.78 is 2.92. The van der Waals surface area contributed by atoms with Crippen LogP contribution >= 0.6 is 46.1 Å². The number of ether oxygens (including phenoxy) is 1. The maximum absolute atomic E-state index is 12.0. The summed E-state index contributed by atoms with van der Waals surface area (Å²) >= 11 is 17.8. The lowest BCUT2D eigenvalue weighted by Crippen LogP contribution is -2.27. The number of amides is 1. The van der Waals surface area contributed by atoms with Crippen molar-refractivity contribution >= 4 is 63.0 Å². The summed E-state index contributed by atoms with van der Waals surface area (Å²) in [6, 6.07) is 0. The molecule has 20 heavy (non-hydrogen) atoms. The first kappa shape index (κ1) is 17.6. The van der Waals surface area contributed by atoms with Gasteiger partial charge in [-0.3, -0.25) is 4.79 Å². The fourth-order valence-corrected chi connectivity index (χ4v) is 2.96. The number of carbonyl (C=O) groups excluding carboxylic acids is 2. The summed E-state index contributed by atoms with van der Waals surface area (Å²) in [7, 11) is 0. The van der Waals surface area contributed by atoms with E-state index >= 15 is 0 Å². The van der Waals surface area contributed by atoms with Gasteiger partial charge in [-0.15, -0.1) is 11.3 Å². The van der Waals surface area contributed by atoms with Crippen molar-refractivity contribution in [3.05, 3.63) is 16.0 Å². The van der Waals surface area contributed by atoms with Crippen LogP contribution in [-0.2, 0) is 16.0 Å². The van der Waals surface area contributed by atoms with Crippen molar-refractivity contribution in [3.63, 3.8) is 0 Å². The van der Waals surface area contributed by atoms with Crippen LogP contribution < -0.4 is 5.32 Å². The van der Waals surface area contributed by atoms with E-state index in [0.29, 0.717) is 17.0 Å². The smallest absolute Gasteiger partial charge is 0.341 e. The van der Waals surface area contributed by atoms with E-state index in [4.69, 9.17) is 39.5 Å². The van der Waals surface area contributed by atoms with Crippen molar-refractivity contribution in [2.24, 2.45) is 0 Å². The summed E-state index contributed by atoms with van der Waals surface area (Å²) in [4.78, 5) is 24.7. The molecular weight excluding hydrogens is 345 g/mol.